The molecule has 0 aromatic carbocycles. The summed E-state index contributed by atoms with van der Waals surface area (Å²) in [5.74, 6) is 1.29. The quantitative estimate of drug-likeness (QED) is 0.793. The fourth-order valence-corrected chi connectivity index (χ4v) is 2.20. The van der Waals surface area contributed by atoms with Gasteiger partial charge in [-0.15, -0.1) is 0 Å². The van der Waals surface area contributed by atoms with Crippen LogP contribution in [0, 0.1) is 0 Å². The Morgan fingerprint density at radius 1 is 1.50 bits per heavy atom. The lowest BCUT2D eigenvalue weighted by Crippen LogP contribution is -2.47. The lowest BCUT2D eigenvalue weighted by Gasteiger charge is -2.33. The van der Waals surface area contributed by atoms with Crippen LogP contribution in [0.1, 0.15) is 31.5 Å². The molecule has 1 aromatic rings. The van der Waals surface area contributed by atoms with E-state index in [0.29, 0.717) is 5.92 Å². The summed E-state index contributed by atoms with van der Waals surface area (Å²) in [6.07, 6.45) is 3.18. The van der Waals surface area contributed by atoms with Gasteiger partial charge < -0.3 is 9.42 Å². The largest absolute Gasteiger partial charge is 0.343 e. The fourth-order valence-electron chi connectivity index (χ4n) is 2.20. The first-order chi connectivity index (χ1) is 8.59. The molecule has 1 aromatic heterocycles. The average Bonchev–Trinajstić information content (AvgIpc) is 2.91. The number of nitrogens with zero attached hydrogens (tertiary/aromatic N) is 4. The van der Waals surface area contributed by atoms with Gasteiger partial charge in [-0.3, -0.25) is 9.69 Å². The number of likely N-dealkylation sites (tertiary alicyclic amines) is 1. The van der Waals surface area contributed by atoms with Crippen molar-refractivity contribution in [3.05, 3.63) is 12.2 Å². The number of hydrogen-bond acceptors (Lipinski definition) is 5. The van der Waals surface area contributed by atoms with Crippen LogP contribution in [0.3, 0.4) is 0 Å². The lowest BCUT2D eigenvalue weighted by atomic mass is 9.96. The van der Waals surface area contributed by atoms with E-state index in [-0.39, 0.29) is 11.9 Å². The molecule has 1 aliphatic rings. The van der Waals surface area contributed by atoms with E-state index < -0.39 is 0 Å². The van der Waals surface area contributed by atoms with Crippen LogP contribution in [0.25, 0.3) is 0 Å². The third-order valence-corrected chi connectivity index (χ3v) is 3.68. The SMILES string of the molecule is C[C@H](C(=O)N1CCC(c2ncon2)CC1)N(C)C. The van der Waals surface area contributed by atoms with Gasteiger partial charge in [0.1, 0.15) is 0 Å². The molecule has 2 heterocycles. The molecule has 2 rings (SSSR count). The molecule has 18 heavy (non-hydrogen) atoms. The molecule has 0 aliphatic carbocycles. The fraction of sp³-hybridized carbons (Fsp3) is 0.750. The standard InChI is InChI=1S/C12H20N4O2/c1-9(15(2)3)12(17)16-6-4-10(5-7-16)11-13-8-18-14-11/h8-10H,4-7H2,1-3H3/t9-/m1/s1. The van der Waals surface area contributed by atoms with Crippen LogP contribution in [-0.4, -0.2) is 59.1 Å². The molecule has 1 saturated heterocycles. The Morgan fingerprint density at radius 2 is 2.17 bits per heavy atom. The first-order valence-corrected chi connectivity index (χ1v) is 6.31. The third-order valence-electron chi connectivity index (χ3n) is 3.68. The zero-order valence-corrected chi connectivity index (χ0v) is 11.2. The Labute approximate surface area is 107 Å². The minimum atomic E-state index is -0.0632. The molecule has 0 unspecified atom stereocenters. The molecule has 0 radical (unpaired) electrons. The van der Waals surface area contributed by atoms with Crippen LogP contribution < -0.4 is 0 Å². The van der Waals surface area contributed by atoms with Crippen molar-refractivity contribution in [3.63, 3.8) is 0 Å². The van der Waals surface area contributed by atoms with Crippen molar-refractivity contribution in [2.75, 3.05) is 27.2 Å². The number of piperidine rings is 1. The minimum Gasteiger partial charge on any atom is -0.343 e. The monoisotopic (exact) mass is 252 g/mol. The van der Waals surface area contributed by atoms with Gasteiger partial charge in [0.15, 0.2) is 5.82 Å². The second kappa shape index (κ2) is 5.48. The summed E-state index contributed by atoms with van der Waals surface area (Å²) in [6.45, 7) is 3.49. The molecular formula is C12H20N4O2. The van der Waals surface area contributed by atoms with Gasteiger partial charge in [-0.05, 0) is 33.9 Å². The maximum absolute atomic E-state index is 12.2. The Hall–Kier alpha value is -1.43. The van der Waals surface area contributed by atoms with E-state index in [0.717, 1.165) is 31.8 Å². The number of hydrogen-bond donors (Lipinski definition) is 0. The lowest BCUT2D eigenvalue weighted by molar-refractivity contribution is -0.136. The van der Waals surface area contributed by atoms with Gasteiger partial charge in [-0.2, -0.15) is 4.98 Å². The molecule has 0 saturated carbocycles. The summed E-state index contributed by atoms with van der Waals surface area (Å²) < 4.78 is 4.76. The summed E-state index contributed by atoms with van der Waals surface area (Å²) in [6, 6.07) is -0.0632. The third kappa shape index (κ3) is 2.69. The number of likely N-dealkylation sites (N-methyl/N-ethyl adjacent to an activating group) is 1. The Balaban J connectivity index is 1.89. The van der Waals surface area contributed by atoms with Gasteiger partial charge in [0, 0.05) is 19.0 Å². The number of rotatable bonds is 3. The molecule has 1 aliphatic heterocycles. The van der Waals surface area contributed by atoms with Gasteiger partial charge in [0.05, 0.1) is 6.04 Å². The van der Waals surface area contributed by atoms with E-state index in [1.54, 1.807) is 0 Å². The van der Waals surface area contributed by atoms with Crippen molar-refractivity contribution in [1.29, 1.82) is 0 Å². The average molecular weight is 252 g/mol. The zero-order valence-electron chi connectivity index (χ0n) is 11.2. The smallest absolute Gasteiger partial charge is 0.239 e. The first-order valence-electron chi connectivity index (χ1n) is 6.31. The minimum absolute atomic E-state index is 0.0632. The summed E-state index contributed by atoms with van der Waals surface area (Å²) in [4.78, 5) is 20.1. The van der Waals surface area contributed by atoms with E-state index >= 15 is 0 Å². The number of carbonyl (C=O) groups is 1. The van der Waals surface area contributed by atoms with Gasteiger partial charge in [-0.25, -0.2) is 0 Å². The van der Waals surface area contributed by atoms with Crippen LogP contribution in [0.5, 0.6) is 0 Å². The number of carbonyl (C=O) groups excluding carboxylic acids is 1. The normalized spacial score (nSPS) is 19.2. The van der Waals surface area contributed by atoms with Gasteiger partial charge in [0.25, 0.3) is 0 Å². The highest BCUT2D eigenvalue weighted by Gasteiger charge is 2.28. The van der Waals surface area contributed by atoms with Gasteiger partial charge in [0.2, 0.25) is 12.3 Å². The van der Waals surface area contributed by atoms with Crippen LogP contribution in [0.4, 0.5) is 0 Å². The second-order valence-electron chi connectivity index (χ2n) is 5.03. The molecule has 0 N–H and O–H groups in total. The maximum atomic E-state index is 12.2. The molecule has 1 amide bonds. The van der Waals surface area contributed by atoms with Crippen LogP contribution in [0.2, 0.25) is 0 Å². The van der Waals surface area contributed by atoms with Crippen LogP contribution in [-0.2, 0) is 4.79 Å². The van der Waals surface area contributed by atoms with Crippen molar-refractivity contribution in [2.45, 2.75) is 31.7 Å². The first kappa shape index (κ1) is 13.0. The topological polar surface area (TPSA) is 62.5 Å². The summed E-state index contributed by atoms with van der Waals surface area (Å²) >= 11 is 0. The second-order valence-corrected chi connectivity index (χ2v) is 5.03. The van der Waals surface area contributed by atoms with Crippen molar-refractivity contribution >= 4 is 5.91 Å². The van der Waals surface area contributed by atoms with Crippen molar-refractivity contribution in [3.8, 4) is 0 Å². The predicted molar refractivity (Wildman–Crippen MR) is 66.0 cm³/mol. The molecule has 1 fully saturated rings. The van der Waals surface area contributed by atoms with Crippen LogP contribution in [0.15, 0.2) is 10.9 Å². The van der Waals surface area contributed by atoms with Gasteiger partial charge in [-0.1, -0.05) is 5.16 Å². The molecule has 0 spiro atoms. The molecule has 100 valence electrons. The number of amides is 1. The van der Waals surface area contributed by atoms with Crippen molar-refractivity contribution in [1.82, 2.24) is 19.9 Å². The summed E-state index contributed by atoms with van der Waals surface area (Å²) in [5.41, 5.74) is 0. The molecule has 1 atom stereocenters. The Kier molecular flexibility index (Phi) is 3.96. The van der Waals surface area contributed by atoms with E-state index in [2.05, 4.69) is 10.1 Å². The maximum Gasteiger partial charge on any atom is 0.239 e. The number of aromatic nitrogens is 2. The molecule has 0 bridgehead atoms. The molecule has 6 heteroatoms. The summed E-state index contributed by atoms with van der Waals surface area (Å²) in [7, 11) is 3.85. The Bertz CT molecular complexity index is 383. The van der Waals surface area contributed by atoms with Crippen molar-refractivity contribution in [2.24, 2.45) is 0 Å². The van der Waals surface area contributed by atoms with E-state index in [1.807, 2.05) is 30.8 Å². The van der Waals surface area contributed by atoms with E-state index in [1.165, 1.54) is 6.39 Å². The Morgan fingerprint density at radius 3 is 2.67 bits per heavy atom. The molecule has 6 nitrogen and oxygen atoms in total. The summed E-state index contributed by atoms with van der Waals surface area (Å²) in [5, 5.41) is 3.88. The van der Waals surface area contributed by atoms with Gasteiger partial charge >= 0.3 is 0 Å². The highest BCUT2D eigenvalue weighted by Crippen LogP contribution is 2.25. The van der Waals surface area contributed by atoms with Crippen molar-refractivity contribution < 1.29 is 9.32 Å². The van der Waals surface area contributed by atoms with E-state index in [4.69, 9.17) is 4.52 Å². The highest BCUT2D eigenvalue weighted by atomic mass is 16.5. The predicted octanol–water partition coefficient (Wildman–Crippen LogP) is 0.726. The van der Waals surface area contributed by atoms with E-state index in [9.17, 15) is 4.79 Å². The zero-order chi connectivity index (χ0) is 13.1. The highest BCUT2D eigenvalue weighted by molar-refractivity contribution is 5.81. The molecular weight excluding hydrogens is 232 g/mol. The van der Waals surface area contributed by atoms with Crippen LogP contribution >= 0.6 is 0 Å².